The summed E-state index contributed by atoms with van der Waals surface area (Å²) in [5.41, 5.74) is 7.79. The van der Waals surface area contributed by atoms with Crippen LogP contribution in [0.2, 0.25) is 0 Å². The van der Waals surface area contributed by atoms with Crippen molar-refractivity contribution >= 4 is 11.4 Å². The van der Waals surface area contributed by atoms with Crippen molar-refractivity contribution in [1.29, 1.82) is 0 Å². The topological polar surface area (TPSA) is 32.5 Å². The molecule has 82 valence electrons. The molecule has 1 saturated heterocycles. The van der Waals surface area contributed by atoms with Gasteiger partial charge in [-0.25, -0.2) is 0 Å². The molecule has 2 rings (SSSR count). The average molecular weight is 205 g/mol. The molecule has 0 amide bonds. The van der Waals surface area contributed by atoms with Gasteiger partial charge in [-0.3, -0.25) is 0 Å². The molecule has 1 aliphatic heterocycles. The second-order valence-corrected chi connectivity index (χ2v) is 4.37. The Morgan fingerprint density at radius 2 is 1.87 bits per heavy atom. The number of hydrogen-bond acceptors (Lipinski definition) is 3. The first-order valence-corrected chi connectivity index (χ1v) is 5.47. The average Bonchev–Trinajstić information content (AvgIpc) is 2.23. The molecule has 0 spiro atoms. The van der Waals surface area contributed by atoms with Gasteiger partial charge in [0, 0.05) is 37.1 Å². The summed E-state index contributed by atoms with van der Waals surface area (Å²) < 4.78 is 0. The molecule has 1 aromatic rings. The highest BCUT2D eigenvalue weighted by Crippen LogP contribution is 2.19. The van der Waals surface area contributed by atoms with E-state index in [-0.39, 0.29) is 0 Å². The van der Waals surface area contributed by atoms with Crippen molar-refractivity contribution in [3.63, 3.8) is 0 Å². The van der Waals surface area contributed by atoms with Crippen LogP contribution in [0.15, 0.2) is 24.3 Å². The molecule has 3 nitrogen and oxygen atoms in total. The Morgan fingerprint density at radius 1 is 1.20 bits per heavy atom. The maximum atomic E-state index is 5.68. The van der Waals surface area contributed by atoms with Gasteiger partial charge in [-0.15, -0.1) is 0 Å². The molecule has 0 radical (unpaired) electrons. The number of nitrogens with zero attached hydrogens (tertiary/aromatic N) is 2. The molecule has 0 aliphatic carbocycles. The van der Waals surface area contributed by atoms with Crippen LogP contribution >= 0.6 is 0 Å². The predicted octanol–water partition coefficient (Wildman–Crippen LogP) is 1.41. The lowest BCUT2D eigenvalue weighted by Crippen LogP contribution is -2.50. The quantitative estimate of drug-likeness (QED) is 0.704. The summed E-state index contributed by atoms with van der Waals surface area (Å²) in [7, 11) is 2.19. The second-order valence-electron chi connectivity index (χ2n) is 4.37. The number of nitrogens with two attached hydrogens (primary N) is 1. The van der Waals surface area contributed by atoms with E-state index in [0.29, 0.717) is 6.04 Å². The van der Waals surface area contributed by atoms with E-state index in [9.17, 15) is 0 Å². The summed E-state index contributed by atoms with van der Waals surface area (Å²) in [6.07, 6.45) is 0. The van der Waals surface area contributed by atoms with Crippen molar-refractivity contribution in [2.75, 3.05) is 37.3 Å². The minimum Gasteiger partial charge on any atom is -0.399 e. The summed E-state index contributed by atoms with van der Waals surface area (Å²) >= 11 is 0. The van der Waals surface area contributed by atoms with Crippen LogP contribution in [0.5, 0.6) is 0 Å². The number of rotatable bonds is 1. The summed E-state index contributed by atoms with van der Waals surface area (Å²) in [5.74, 6) is 0. The maximum absolute atomic E-state index is 5.68. The number of likely N-dealkylation sites (N-methyl/N-ethyl adjacent to an activating group) is 1. The van der Waals surface area contributed by atoms with Gasteiger partial charge in [-0.1, -0.05) is 0 Å². The number of anilines is 2. The number of hydrogen-bond donors (Lipinski definition) is 1. The maximum Gasteiger partial charge on any atom is 0.0368 e. The highest BCUT2D eigenvalue weighted by Gasteiger charge is 2.20. The molecule has 1 aliphatic rings. The lowest BCUT2D eigenvalue weighted by molar-refractivity contribution is 0.234. The molecule has 1 fully saturated rings. The summed E-state index contributed by atoms with van der Waals surface area (Å²) in [6, 6.07) is 8.77. The van der Waals surface area contributed by atoms with Gasteiger partial charge >= 0.3 is 0 Å². The molecule has 3 heteroatoms. The molecule has 2 N–H and O–H groups in total. The Morgan fingerprint density at radius 3 is 2.47 bits per heavy atom. The van der Waals surface area contributed by atoms with E-state index in [0.717, 1.165) is 25.3 Å². The van der Waals surface area contributed by atoms with Crippen LogP contribution in [-0.4, -0.2) is 37.6 Å². The largest absolute Gasteiger partial charge is 0.399 e. The number of piperazine rings is 1. The van der Waals surface area contributed by atoms with Crippen LogP contribution in [0.3, 0.4) is 0 Å². The zero-order valence-electron chi connectivity index (χ0n) is 9.48. The molecular formula is C12H19N3. The van der Waals surface area contributed by atoms with Crippen molar-refractivity contribution in [3.05, 3.63) is 24.3 Å². The van der Waals surface area contributed by atoms with Gasteiger partial charge in [-0.05, 0) is 38.2 Å². The van der Waals surface area contributed by atoms with Crippen LogP contribution < -0.4 is 10.6 Å². The van der Waals surface area contributed by atoms with Crippen LogP contribution in [0, 0.1) is 0 Å². The third kappa shape index (κ3) is 2.23. The Bertz CT molecular complexity index is 320. The first-order valence-electron chi connectivity index (χ1n) is 5.47. The monoisotopic (exact) mass is 205 g/mol. The van der Waals surface area contributed by atoms with E-state index in [1.165, 1.54) is 5.69 Å². The van der Waals surface area contributed by atoms with Crippen LogP contribution in [0.4, 0.5) is 11.4 Å². The van der Waals surface area contributed by atoms with Gasteiger partial charge in [0.2, 0.25) is 0 Å². The lowest BCUT2D eigenvalue weighted by Gasteiger charge is -2.39. The Kier molecular flexibility index (Phi) is 2.82. The predicted molar refractivity (Wildman–Crippen MR) is 65.2 cm³/mol. The van der Waals surface area contributed by atoms with Crippen LogP contribution in [0.25, 0.3) is 0 Å². The van der Waals surface area contributed by atoms with Gasteiger partial charge in [0.1, 0.15) is 0 Å². The number of benzene rings is 1. The normalized spacial score (nSPS) is 23.1. The Hall–Kier alpha value is -1.22. The smallest absolute Gasteiger partial charge is 0.0368 e. The minimum atomic E-state index is 0.622. The first kappa shape index (κ1) is 10.3. The van der Waals surface area contributed by atoms with E-state index >= 15 is 0 Å². The van der Waals surface area contributed by atoms with Gasteiger partial charge < -0.3 is 15.5 Å². The molecule has 15 heavy (non-hydrogen) atoms. The van der Waals surface area contributed by atoms with Gasteiger partial charge in [0.25, 0.3) is 0 Å². The van der Waals surface area contributed by atoms with E-state index in [1.54, 1.807) is 0 Å². The molecule has 0 aromatic heterocycles. The highest BCUT2D eigenvalue weighted by atomic mass is 15.3. The van der Waals surface area contributed by atoms with Crippen molar-refractivity contribution < 1.29 is 0 Å². The van der Waals surface area contributed by atoms with Crippen molar-refractivity contribution in [1.82, 2.24) is 4.90 Å². The van der Waals surface area contributed by atoms with Crippen molar-refractivity contribution in [2.24, 2.45) is 0 Å². The van der Waals surface area contributed by atoms with Crippen LogP contribution in [-0.2, 0) is 0 Å². The summed E-state index contributed by atoms with van der Waals surface area (Å²) in [4.78, 5) is 4.82. The molecule has 0 bridgehead atoms. The van der Waals surface area contributed by atoms with Crippen molar-refractivity contribution in [3.8, 4) is 0 Å². The summed E-state index contributed by atoms with van der Waals surface area (Å²) in [5, 5.41) is 0. The molecule has 1 heterocycles. The molecule has 0 saturated carbocycles. The SMILES string of the molecule is C[C@H]1CN(c2ccc(N)cc2)CCN1C. The Balaban J connectivity index is 2.08. The molecule has 0 unspecified atom stereocenters. The lowest BCUT2D eigenvalue weighted by atomic mass is 10.1. The molecule has 1 aromatic carbocycles. The standard InChI is InChI=1S/C12H19N3/c1-10-9-15(8-7-14(10)2)12-5-3-11(13)4-6-12/h3-6,10H,7-9,13H2,1-2H3/t10-/m0/s1. The molecule has 1 atom stereocenters. The number of nitrogen functional groups attached to an aromatic ring is 1. The minimum absolute atomic E-state index is 0.622. The van der Waals surface area contributed by atoms with E-state index in [2.05, 4.69) is 35.9 Å². The van der Waals surface area contributed by atoms with E-state index in [1.807, 2.05) is 12.1 Å². The summed E-state index contributed by atoms with van der Waals surface area (Å²) in [6.45, 7) is 5.60. The second kappa shape index (κ2) is 4.11. The fraction of sp³-hybridized carbons (Fsp3) is 0.500. The van der Waals surface area contributed by atoms with E-state index < -0.39 is 0 Å². The van der Waals surface area contributed by atoms with Gasteiger partial charge in [0.05, 0.1) is 0 Å². The van der Waals surface area contributed by atoms with E-state index in [4.69, 9.17) is 5.73 Å². The third-order valence-electron chi connectivity index (χ3n) is 3.22. The van der Waals surface area contributed by atoms with Crippen LogP contribution in [0.1, 0.15) is 6.92 Å². The fourth-order valence-corrected chi connectivity index (χ4v) is 1.97. The molecular weight excluding hydrogens is 186 g/mol. The van der Waals surface area contributed by atoms with Gasteiger partial charge in [-0.2, -0.15) is 0 Å². The zero-order chi connectivity index (χ0) is 10.8. The fourth-order valence-electron chi connectivity index (χ4n) is 1.97. The first-order chi connectivity index (χ1) is 7.16. The third-order valence-corrected chi connectivity index (χ3v) is 3.22. The van der Waals surface area contributed by atoms with Crippen molar-refractivity contribution in [2.45, 2.75) is 13.0 Å². The Labute approximate surface area is 91.5 Å². The highest BCUT2D eigenvalue weighted by molar-refractivity contribution is 5.53. The zero-order valence-corrected chi connectivity index (χ0v) is 9.48. The van der Waals surface area contributed by atoms with Gasteiger partial charge in [0.15, 0.2) is 0 Å².